The lowest BCUT2D eigenvalue weighted by Crippen LogP contribution is -2.42. The van der Waals surface area contributed by atoms with E-state index in [1.807, 2.05) is 66.9 Å². The van der Waals surface area contributed by atoms with Crippen LogP contribution < -0.4 is 9.62 Å². The van der Waals surface area contributed by atoms with Gasteiger partial charge in [0.15, 0.2) is 0 Å². The minimum Gasteiger partial charge on any atom is -0.344 e. The standard InChI is InChI=1S/C28H25FN2O3S2/c1-35-25-15-17-26(18-16-25)36(33,34)31(24-14-8-13-23(29)19-24)20-27(32)30-28(21-9-4-2-5-10-21)22-11-6-3-7-12-22/h2-19,28H,20H2,1H3,(H,30,32). The summed E-state index contributed by atoms with van der Waals surface area (Å²) in [6.07, 6.45) is 1.89. The molecule has 0 aliphatic rings. The van der Waals surface area contributed by atoms with Crippen molar-refractivity contribution in [2.75, 3.05) is 17.1 Å². The van der Waals surface area contributed by atoms with Crippen LogP contribution in [0.1, 0.15) is 17.2 Å². The maximum Gasteiger partial charge on any atom is 0.264 e. The molecule has 4 rings (SSSR count). The van der Waals surface area contributed by atoms with Crippen molar-refractivity contribution >= 4 is 33.4 Å². The molecule has 1 N–H and O–H groups in total. The van der Waals surface area contributed by atoms with Gasteiger partial charge in [-0.2, -0.15) is 0 Å². The average molecular weight is 521 g/mol. The molecule has 8 heteroatoms. The highest BCUT2D eigenvalue weighted by atomic mass is 32.2. The third kappa shape index (κ3) is 5.95. The minimum atomic E-state index is -4.16. The van der Waals surface area contributed by atoms with E-state index in [-0.39, 0.29) is 10.6 Å². The molecule has 0 atom stereocenters. The Labute approximate surface area is 215 Å². The summed E-state index contributed by atoms with van der Waals surface area (Å²) in [5, 5.41) is 2.96. The van der Waals surface area contributed by atoms with E-state index in [2.05, 4.69) is 5.32 Å². The summed E-state index contributed by atoms with van der Waals surface area (Å²) in [7, 11) is -4.16. The van der Waals surface area contributed by atoms with Gasteiger partial charge in [0.05, 0.1) is 16.6 Å². The fraction of sp³-hybridized carbons (Fsp3) is 0.107. The SMILES string of the molecule is CSc1ccc(S(=O)(=O)N(CC(=O)NC(c2ccccc2)c2ccccc2)c2cccc(F)c2)cc1. The maximum atomic E-state index is 14.1. The molecule has 4 aromatic carbocycles. The van der Waals surface area contributed by atoms with Crippen LogP contribution >= 0.6 is 11.8 Å². The van der Waals surface area contributed by atoms with E-state index in [0.717, 1.165) is 26.4 Å². The van der Waals surface area contributed by atoms with Crippen molar-refractivity contribution in [3.05, 3.63) is 126 Å². The van der Waals surface area contributed by atoms with Crippen LogP contribution in [0.3, 0.4) is 0 Å². The van der Waals surface area contributed by atoms with Crippen molar-refractivity contribution in [1.29, 1.82) is 0 Å². The second-order valence-corrected chi connectivity index (χ2v) is 10.7. The van der Waals surface area contributed by atoms with Crippen molar-refractivity contribution in [1.82, 2.24) is 5.32 Å². The lowest BCUT2D eigenvalue weighted by Gasteiger charge is -2.26. The highest BCUT2D eigenvalue weighted by molar-refractivity contribution is 7.98. The smallest absolute Gasteiger partial charge is 0.264 e. The molecule has 0 saturated heterocycles. The number of thioether (sulfide) groups is 1. The zero-order chi connectivity index (χ0) is 25.5. The number of halogens is 1. The van der Waals surface area contributed by atoms with E-state index in [1.54, 1.807) is 12.1 Å². The predicted molar refractivity (Wildman–Crippen MR) is 142 cm³/mol. The molecule has 0 fully saturated rings. The summed E-state index contributed by atoms with van der Waals surface area (Å²) in [6, 6.07) is 29.9. The summed E-state index contributed by atoms with van der Waals surface area (Å²) in [5.41, 5.74) is 1.77. The largest absolute Gasteiger partial charge is 0.344 e. The molecule has 0 spiro atoms. The first-order valence-electron chi connectivity index (χ1n) is 11.2. The molecule has 0 unspecified atom stereocenters. The van der Waals surface area contributed by atoms with Gasteiger partial charge in [-0.15, -0.1) is 11.8 Å². The Morgan fingerprint density at radius 3 is 1.97 bits per heavy atom. The number of carbonyl (C=O) groups is 1. The molecule has 0 saturated carbocycles. The lowest BCUT2D eigenvalue weighted by atomic mass is 9.99. The zero-order valence-electron chi connectivity index (χ0n) is 19.5. The molecule has 4 aromatic rings. The van der Waals surface area contributed by atoms with Crippen LogP contribution in [0, 0.1) is 5.82 Å². The van der Waals surface area contributed by atoms with Crippen molar-refractivity contribution in [2.45, 2.75) is 15.8 Å². The second-order valence-electron chi connectivity index (χ2n) is 7.99. The Kier molecular flexibility index (Phi) is 8.07. The van der Waals surface area contributed by atoms with Gasteiger partial charge in [-0.05, 0) is 59.8 Å². The molecule has 0 radical (unpaired) electrons. The number of sulfonamides is 1. The third-order valence-corrected chi connectivity index (χ3v) is 8.13. The zero-order valence-corrected chi connectivity index (χ0v) is 21.2. The van der Waals surface area contributed by atoms with Crippen LogP contribution in [0.5, 0.6) is 0 Å². The molecule has 0 aromatic heterocycles. The first kappa shape index (κ1) is 25.5. The van der Waals surface area contributed by atoms with Crippen LogP contribution in [0.25, 0.3) is 0 Å². The minimum absolute atomic E-state index is 0.0139. The van der Waals surface area contributed by atoms with Crippen molar-refractivity contribution < 1.29 is 17.6 Å². The first-order valence-corrected chi connectivity index (χ1v) is 13.9. The molecule has 36 heavy (non-hydrogen) atoms. The third-order valence-electron chi connectivity index (χ3n) is 5.60. The molecule has 0 heterocycles. The van der Waals surface area contributed by atoms with Crippen LogP contribution in [0.15, 0.2) is 119 Å². The van der Waals surface area contributed by atoms with Crippen LogP contribution in [-0.4, -0.2) is 27.1 Å². The number of carbonyl (C=O) groups excluding carboxylic acids is 1. The maximum absolute atomic E-state index is 14.1. The number of hydrogen-bond acceptors (Lipinski definition) is 4. The van der Waals surface area contributed by atoms with E-state index >= 15 is 0 Å². The summed E-state index contributed by atoms with van der Waals surface area (Å²) in [6.45, 7) is -0.522. The van der Waals surface area contributed by atoms with Gasteiger partial charge in [0.25, 0.3) is 10.0 Å². The molecular weight excluding hydrogens is 495 g/mol. The number of rotatable bonds is 9. The number of anilines is 1. The Bertz CT molecular complexity index is 1370. The molecule has 0 bridgehead atoms. The molecular formula is C28H25FN2O3S2. The number of hydrogen-bond donors (Lipinski definition) is 1. The Morgan fingerprint density at radius 1 is 0.861 bits per heavy atom. The predicted octanol–water partition coefficient (Wildman–Crippen LogP) is 5.65. The summed E-state index contributed by atoms with van der Waals surface area (Å²) in [5.74, 6) is -1.13. The normalized spacial score (nSPS) is 11.3. The van der Waals surface area contributed by atoms with Gasteiger partial charge in [0, 0.05) is 4.90 Å². The number of benzene rings is 4. The molecule has 0 aliphatic carbocycles. The van der Waals surface area contributed by atoms with E-state index in [9.17, 15) is 17.6 Å². The topological polar surface area (TPSA) is 66.5 Å². The summed E-state index contributed by atoms with van der Waals surface area (Å²) in [4.78, 5) is 14.2. The number of amides is 1. The monoisotopic (exact) mass is 520 g/mol. The van der Waals surface area contributed by atoms with Gasteiger partial charge in [-0.1, -0.05) is 66.7 Å². The van der Waals surface area contributed by atoms with Gasteiger partial charge >= 0.3 is 0 Å². The van der Waals surface area contributed by atoms with E-state index in [0.29, 0.717) is 0 Å². The van der Waals surface area contributed by atoms with Gasteiger partial charge in [0.1, 0.15) is 12.4 Å². The second kappa shape index (κ2) is 11.4. The fourth-order valence-electron chi connectivity index (χ4n) is 3.81. The number of nitrogens with one attached hydrogen (secondary N) is 1. The van der Waals surface area contributed by atoms with Crippen LogP contribution in [0.2, 0.25) is 0 Å². The van der Waals surface area contributed by atoms with E-state index in [4.69, 9.17) is 0 Å². The molecule has 184 valence electrons. The van der Waals surface area contributed by atoms with Gasteiger partial charge in [0.2, 0.25) is 5.91 Å². The van der Waals surface area contributed by atoms with Crippen LogP contribution in [0.4, 0.5) is 10.1 Å². The highest BCUT2D eigenvalue weighted by Gasteiger charge is 2.28. The average Bonchev–Trinajstić information content (AvgIpc) is 2.91. The fourth-order valence-corrected chi connectivity index (χ4v) is 5.63. The van der Waals surface area contributed by atoms with Gasteiger partial charge < -0.3 is 5.32 Å². The van der Waals surface area contributed by atoms with Crippen molar-refractivity contribution in [2.24, 2.45) is 0 Å². The van der Waals surface area contributed by atoms with E-state index in [1.165, 1.54) is 42.1 Å². The van der Waals surface area contributed by atoms with Gasteiger partial charge in [-0.25, -0.2) is 12.8 Å². The van der Waals surface area contributed by atoms with Crippen molar-refractivity contribution in [3.8, 4) is 0 Å². The quantitative estimate of drug-likeness (QED) is 0.290. The Balaban J connectivity index is 1.68. The Morgan fingerprint density at radius 2 is 1.44 bits per heavy atom. The lowest BCUT2D eigenvalue weighted by molar-refractivity contribution is -0.120. The molecule has 0 aliphatic heterocycles. The van der Waals surface area contributed by atoms with E-state index < -0.39 is 34.3 Å². The summed E-state index contributed by atoms with van der Waals surface area (Å²) < 4.78 is 42.3. The summed E-state index contributed by atoms with van der Waals surface area (Å²) >= 11 is 1.49. The molecule has 5 nitrogen and oxygen atoms in total. The first-order chi connectivity index (χ1) is 17.4. The highest BCUT2D eigenvalue weighted by Crippen LogP contribution is 2.27. The Hall–Kier alpha value is -3.62. The molecule has 1 amide bonds. The van der Waals surface area contributed by atoms with Gasteiger partial charge in [-0.3, -0.25) is 9.10 Å². The number of nitrogens with zero attached hydrogens (tertiary/aromatic N) is 1. The van der Waals surface area contributed by atoms with Crippen molar-refractivity contribution in [3.63, 3.8) is 0 Å². The van der Waals surface area contributed by atoms with Crippen LogP contribution in [-0.2, 0) is 14.8 Å².